The Bertz CT molecular complexity index is 916. The van der Waals surface area contributed by atoms with Crippen LogP contribution in [0.5, 0.6) is 0 Å². The van der Waals surface area contributed by atoms with E-state index in [4.69, 9.17) is 4.74 Å². The maximum Gasteiger partial charge on any atom is 0.446 e. The normalized spacial score (nSPS) is 17.4. The van der Waals surface area contributed by atoms with E-state index in [2.05, 4.69) is 25.3 Å². The molecule has 0 bridgehead atoms. The zero-order chi connectivity index (χ0) is 22.6. The van der Waals surface area contributed by atoms with Crippen molar-refractivity contribution in [3.63, 3.8) is 0 Å². The van der Waals surface area contributed by atoms with Crippen LogP contribution in [0.3, 0.4) is 0 Å². The summed E-state index contributed by atoms with van der Waals surface area (Å²) in [7, 11) is 0. The molecule has 8 nitrogen and oxygen atoms in total. The van der Waals surface area contributed by atoms with Gasteiger partial charge < -0.3 is 24.8 Å². The number of ether oxygens (including phenoxy) is 1. The van der Waals surface area contributed by atoms with Crippen molar-refractivity contribution in [3.05, 3.63) is 36.5 Å². The molecule has 1 aromatic carbocycles. The molecule has 2 aliphatic heterocycles. The lowest BCUT2D eigenvalue weighted by Crippen LogP contribution is -2.50. The molecule has 12 heteroatoms. The van der Waals surface area contributed by atoms with E-state index >= 15 is 0 Å². The average Bonchev–Trinajstić information content (AvgIpc) is 2.80. The number of hydrogen-bond donors (Lipinski definition) is 1. The first-order valence-corrected chi connectivity index (χ1v) is 11.0. The lowest BCUT2D eigenvalue weighted by Gasteiger charge is -2.36. The summed E-state index contributed by atoms with van der Waals surface area (Å²) in [6.45, 7) is 5.22. The highest BCUT2D eigenvalue weighted by molar-refractivity contribution is 8.00. The Labute approximate surface area is 187 Å². The van der Waals surface area contributed by atoms with Crippen LogP contribution < -0.4 is 15.1 Å². The Balaban J connectivity index is 1.29. The first-order chi connectivity index (χ1) is 15.4. The topological polar surface area (TPSA) is 73.8 Å². The van der Waals surface area contributed by atoms with E-state index in [1.54, 1.807) is 11.1 Å². The minimum Gasteiger partial charge on any atom is -0.378 e. The number of anilines is 3. The van der Waals surface area contributed by atoms with Gasteiger partial charge in [0.25, 0.3) is 0 Å². The molecule has 2 amide bonds. The zero-order valence-electron chi connectivity index (χ0n) is 17.2. The molecule has 1 N–H and O–H groups in total. The second-order valence-electron chi connectivity index (χ2n) is 7.35. The Morgan fingerprint density at radius 2 is 1.69 bits per heavy atom. The fourth-order valence-electron chi connectivity index (χ4n) is 3.58. The fraction of sp³-hybridized carbons (Fsp3) is 0.450. The van der Waals surface area contributed by atoms with Gasteiger partial charge >= 0.3 is 11.5 Å². The summed E-state index contributed by atoms with van der Waals surface area (Å²) in [5.74, 6) is 0.818. The van der Waals surface area contributed by atoms with Crippen LogP contribution in [-0.2, 0) is 4.74 Å². The molecule has 172 valence electrons. The standard InChI is InChI=1S/C20H23F3N6O2S/c21-20(22,23)32-17-3-1-15(2-4-17)25-19(30)29-7-5-27(6-8-29)16-13-18(26-24-14-16)28-9-11-31-12-10-28/h1-4,13-14H,5-12H2,(H,25,30). The van der Waals surface area contributed by atoms with Crippen LogP contribution in [-0.4, -0.2) is 79.1 Å². The van der Waals surface area contributed by atoms with Gasteiger partial charge in [0, 0.05) is 55.9 Å². The number of nitrogens with one attached hydrogen (secondary N) is 1. The van der Waals surface area contributed by atoms with Gasteiger partial charge in [-0.1, -0.05) is 0 Å². The fourth-order valence-corrected chi connectivity index (χ4v) is 4.12. The van der Waals surface area contributed by atoms with Gasteiger partial charge in [0.1, 0.15) is 0 Å². The Morgan fingerprint density at radius 3 is 2.34 bits per heavy atom. The molecule has 0 saturated carbocycles. The van der Waals surface area contributed by atoms with E-state index in [1.807, 2.05) is 6.07 Å². The number of amides is 2. The summed E-state index contributed by atoms with van der Waals surface area (Å²) in [6, 6.07) is 7.36. The van der Waals surface area contributed by atoms with Crippen LogP contribution in [0.4, 0.5) is 35.2 Å². The Kier molecular flexibility index (Phi) is 6.89. The maximum atomic E-state index is 12.6. The summed E-state index contributed by atoms with van der Waals surface area (Å²) in [5, 5.41) is 11.1. The third-order valence-corrected chi connectivity index (χ3v) is 5.97. The third kappa shape index (κ3) is 5.94. The van der Waals surface area contributed by atoms with Crippen molar-refractivity contribution < 1.29 is 22.7 Å². The number of benzene rings is 1. The molecule has 4 rings (SSSR count). The summed E-state index contributed by atoms with van der Waals surface area (Å²) < 4.78 is 42.7. The molecule has 2 saturated heterocycles. The molecular weight excluding hydrogens is 445 g/mol. The largest absolute Gasteiger partial charge is 0.446 e. The molecular formula is C20H23F3N6O2S. The number of thioether (sulfide) groups is 1. The Morgan fingerprint density at radius 1 is 1.00 bits per heavy atom. The molecule has 0 unspecified atom stereocenters. The van der Waals surface area contributed by atoms with Gasteiger partial charge in [-0.25, -0.2) is 4.79 Å². The molecule has 0 atom stereocenters. The molecule has 2 aliphatic rings. The number of rotatable bonds is 4. The first kappa shape index (κ1) is 22.5. The molecule has 0 radical (unpaired) electrons. The second-order valence-corrected chi connectivity index (χ2v) is 8.49. The number of nitrogens with zero attached hydrogens (tertiary/aromatic N) is 5. The Hall–Kier alpha value is -2.73. The van der Waals surface area contributed by atoms with Crippen LogP contribution in [0.2, 0.25) is 0 Å². The number of alkyl halides is 3. The van der Waals surface area contributed by atoms with Crippen molar-refractivity contribution in [3.8, 4) is 0 Å². The third-order valence-electron chi connectivity index (χ3n) is 5.23. The van der Waals surface area contributed by atoms with Gasteiger partial charge in [0.2, 0.25) is 0 Å². The van der Waals surface area contributed by atoms with E-state index in [-0.39, 0.29) is 22.7 Å². The highest BCUT2D eigenvalue weighted by atomic mass is 32.2. The lowest BCUT2D eigenvalue weighted by molar-refractivity contribution is -0.0328. The van der Waals surface area contributed by atoms with Gasteiger partial charge in [0.15, 0.2) is 5.82 Å². The quantitative estimate of drug-likeness (QED) is 0.691. The van der Waals surface area contributed by atoms with Crippen LogP contribution >= 0.6 is 11.8 Å². The van der Waals surface area contributed by atoms with E-state index in [9.17, 15) is 18.0 Å². The van der Waals surface area contributed by atoms with Gasteiger partial charge in [-0.15, -0.1) is 5.10 Å². The maximum absolute atomic E-state index is 12.6. The number of hydrogen-bond acceptors (Lipinski definition) is 7. The van der Waals surface area contributed by atoms with Gasteiger partial charge in [-0.05, 0) is 36.0 Å². The smallest absolute Gasteiger partial charge is 0.378 e. The number of piperazine rings is 1. The molecule has 1 aromatic heterocycles. The van der Waals surface area contributed by atoms with E-state index in [0.717, 1.165) is 24.6 Å². The summed E-state index contributed by atoms with van der Waals surface area (Å²) in [6.07, 6.45) is 1.72. The summed E-state index contributed by atoms with van der Waals surface area (Å²) >= 11 is -0.183. The second kappa shape index (κ2) is 9.82. The number of carbonyl (C=O) groups excluding carboxylic acids is 1. The highest BCUT2D eigenvalue weighted by Crippen LogP contribution is 2.37. The first-order valence-electron chi connectivity index (χ1n) is 10.2. The van der Waals surface area contributed by atoms with Crippen molar-refractivity contribution in [2.45, 2.75) is 10.4 Å². The van der Waals surface area contributed by atoms with Crippen molar-refractivity contribution in [1.29, 1.82) is 0 Å². The molecule has 0 spiro atoms. The van der Waals surface area contributed by atoms with Crippen LogP contribution in [0.1, 0.15) is 0 Å². The van der Waals surface area contributed by atoms with Crippen LogP contribution in [0, 0.1) is 0 Å². The number of halogens is 3. The lowest BCUT2D eigenvalue weighted by atomic mass is 10.2. The summed E-state index contributed by atoms with van der Waals surface area (Å²) in [4.78, 5) is 18.6. The van der Waals surface area contributed by atoms with Crippen molar-refractivity contribution >= 4 is 35.0 Å². The van der Waals surface area contributed by atoms with Crippen molar-refractivity contribution in [1.82, 2.24) is 15.1 Å². The highest BCUT2D eigenvalue weighted by Gasteiger charge is 2.29. The van der Waals surface area contributed by atoms with E-state index in [0.29, 0.717) is 45.1 Å². The molecule has 32 heavy (non-hydrogen) atoms. The number of morpholine rings is 1. The molecule has 0 aliphatic carbocycles. The monoisotopic (exact) mass is 468 g/mol. The average molecular weight is 469 g/mol. The SMILES string of the molecule is O=C(Nc1ccc(SC(F)(F)F)cc1)N1CCN(c2cnnc(N3CCOCC3)c2)CC1. The predicted octanol–water partition coefficient (Wildman–Crippen LogP) is 3.28. The number of carbonyl (C=O) groups is 1. The van der Waals surface area contributed by atoms with Crippen molar-refractivity contribution in [2.24, 2.45) is 0 Å². The van der Waals surface area contributed by atoms with Gasteiger partial charge in [0.05, 0.1) is 25.1 Å². The van der Waals surface area contributed by atoms with E-state index < -0.39 is 5.51 Å². The zero-order valence-corrected chi connectivity index (χ0v) is 18.0. The summed E-state index contributed by atoms with van der Waals surface area (Å²) in [5.41, 5.74) is -2.92. The van der Waals surface area contributed by atoms with Gasteiger partial charge in [-0.3, -0.25) is 0 Å². The minimum absolute atomic E-state index is 0.0755. The van der Waals surface area contributed by atoms with Gasteiger partial charge in [-0.2, -0.15) is 18.3 Å². The van der Waals surface area contributed by atoms with Crippen LogP contribution in [0.25, 0.3) is 0 Å². The van der Waals surface area contributed by atoms with Crippen LogP contribution in [0.15, 0.2) is 41.4 Å². The van der Waals surface area contributed by atoms with Crippen molar-refractivity contribution in [2.75, 3.05) is 67.6 Å². The minimum atomic E-state index is -4.34. The predicted molar refractivity (Wildman–Crippen MR) is 116 cm³/mol. The number of urea groups is 1. The van der Waals surface area contributed by atoms with E-state index in [1.165, 1.54) is 24.3 Å². The molecule has 3 heterocycles. The number of aromatic nitrogens is 2. The molecule has 2 aromatic rings. The molecule has 2 fully saturated rings.